The van der Waals surface area contributed by atoms with Crippen LogP contribution in [-0.4, -0.2) is 28.1 Å². The molecule has 4 rings (SSSR count). The van der Waals surface area contributed by atoms with Crippen LogP contribution in [0.5, 0.6) is 0 Å². The third-order valence-electron chi connectivity index (χ3n) is 4.63. The topological polar surface area (TPSA) is 89.2 Å². The normalized spacial score (nSPS) is 17.1. The van der Waals surface area contributed by atoms with Crippen LogP contribution in [0, 0.1) is 0 Å². The molecule has 0 radical (unpaired) electrons. The van der Waals surface area contributed by atoms with Crippen LogP contribution in [0.3, 0.4) is 0 Å². The molecule has 0 aromatic carbocycles. The third kappa shape index (κ3) is 2.70. The number of carbonyl (C=O) groups excluding carboxylic acids is 2. The molecule has 0 bridgehead atoms. The number of furan rings is 1. The second-order valence-electron chi connectivity index (χ2n) is 6.45. The zero-order valence-electron chi connectivity index (χ0n) is 13.6. The highest BCUT2D eigenvalue weighted by Crippen LogP contribution is 2.39. The van der Waals surface area contributed by atoms with E-state index in [9.17, 15) is 9.59 Å². The minimum Gasteiger partial charge on any atom is -0.468 e. The fraction of sp³-hybridized carbons (Fsp3) is 0.471. The summed E-state index contributed by atoms with van der Waals surface area (Å²) >= 11 is 0. The van der Waals surface area contributed by atoms with Gasteiger partial charge in [0.2, 0.25) is 0 Å². The van der Waals surface area contributed by atoms with Crippen LogP contribution in [0.15, 0.2) is 16.7 Å². The van der Waals surface area contributed by atoms with E-state index < -0.39 is 0 Å². The van der Waals surface area contributed by atoms with E-state index >= 15 is 0 Å². The van der Waals surface area contributed by atoms with Crippen molar-refractivity contribution in [2.45, 2.75) is 38.1 Å². The highest BCUT2D eigenvalue weighted by molar-refractivity contribution is 6.07. The van der Waals surface area contributed by atoms with Crippen molar-refractivity contribution in [3.8, 4) is 0 Å². The van der Waals surface area contributed by atoms with Gasteiger partial charge in [0, 0.05) is 25.9 Å². The SMILES string of the molecule is Cn1nc(C2CC2)cc1CNC(=O)c1coc2c1C(=O)NCCC2. The molecule has 7 heteroatoms. The van der Waals surface area contributed by atoms with Gasteiger partial charge in [-0.15, -0.1) is 0 Å². The van der Waals surface area contributed by atoms with Crippen LogP contribution in [0.25, 0.3) is 0 Å². The maximum atomic E-state index is 12.5. The van der Waals surface area contributed by atoms with Crippen LogP contribution >= 0.6 is 0 Å². The number of hydrogen-bond acceptors (Lipinski definition) is 4. The molecule has 0 atom stereocenters. The van der Waals surface area contributed by atoms with Crippen molar-refractivity contribution in [3.05, 3.63) is 40.6 Å². The van der Waals surface area contributed by atoms with E-state index in [2.05, 4.69) is 15.7 Å². The molecule has 24 heavy (non-hydrogen) atoms. The average Bonchev–Trinajstić information content (AvgIpc) is 3.27. The molecule has 0 unspecified atom stereocenters. The Hall–Kier alpha value is -2.57. The molecule has 126 valence electrons. The molecule has 7 nitrogen and oxygen atoms in total. The minimum absolute atomic E-state index is 0.238. The molecule has 2 aromatic rings. The van der Waals surface area contributed by atoms with E-state index in [1.54, 1.807) is 4.68 Å². The molecule has 2 amide bonds. The van der Waals surface area contributed by atoms with E-state index in [-0.39, 0.29) is 11.8 Å². The number of aromatic nitrogens is 2. The van der Waals surface area contributed by atoms with Gasteiger partial charge in [0.25, 0.3) is 11.8 Å². The van der Waals surface area contributed by atoms with E-state index in [0.29, 0.717) is 42.3 Å². The molecular formula is C17H20N4O3. The van der Waals surface area contributed by atoms with Gasteiger partial charge in [-0.25, -0.2) is 0 Å². The summed E-state index contributed by atoms with van der Waals surface area (Å²) in [6.45, 7) is 0.972. The van der Waals surface area contributed by atoms with E-state index in [0.717, 1.165) is 17.8 Å². The van der Waals surface area contributed by atoms with Crippen molar-refractivity contribution in [1.82, 2.24) is 20.4 Å². The maximum Gasteiger partial charge on any atom is 0.255 e. The van der Waals surface area contributed by atoms with Gasteiger partial charge in [-0.3, -0.25) is 14.3 Å². The largest absolute Gasteiger partial charge is 0.468 e. The average molecular weight is 328 g/mol. The van der Waals surface area contributed by atoms with E-state index in [1.165, 1.54) is 19.1 Å². The van der Waals surface area contributed by atoms with Crippen LogP contribution in [-0.2, 0) is 20.0 Å². The van der Waals surface area contributed by atoms with Crippen molar-refractivity contribution in [1.29, 1.82) is 0 Å². The van der Waals surface area contributed by atoms with Crippen LogP contribution in [0.1, 0.15) is 63.0 Å². The van der Waals surface area contributed by atoms with Gasteiger partial charge in [-0.05, 0) is 25.3 Å². The molecule has 0 saturated heterocycles. The quantitative estimate of drug-likeness (QED) is 0.890. The van der Waals surface area contributed by atoms with Gasteiger partial charge in [0.1, 0.15) is 12.0 Å². The molecule has 2 N–H and O–H groups in total. The lowest BCUT2D eigenvalue weighted by molar-refractivity contribution is 0.0920. The first-order chi connectivity index (χ1) is 11.6. The molecule has 0 spiro atoms. The number of nitrogens with zero attached hydrogens (tertiary/aromatic N) is 2. The molecular weight excluding hydrogens is 308 g/mol. The summed E-state index contributed by atoms with van der Waals surface area (Å²) in [5.41, 5.74) is 2.71. The predicted molar refractivity (Wildman–Crippen MR) is 85.7 cm³/mol. The van der Waals surface area contributed by atoms with Gasteiger partial charge < -0.3 is 15.1 Å². The van der Waals surface area contributed by atoms with Crippen molar-refractivity contribution in [2.24, 2.45) is 7.05 Å². The Balaban J connectivity index is 1.49. The predicted octanol–water partition coefficient (Wildman–Crippen LogP) is 1.50. The summed E-state index contributed by atoms with van der Waals surface area (Å²) in [7, 11) is 1.88. The first-order valence-corrected chi connectivity index (χ1v) is 8.33. The molecule has 2 aromatic heterocycles. The molecule has 3 heterocycles. The summed E-state index contributed by atoms with van der Waals surface area (Å²) in [6, 6.07) is 2.04. The second kappa shape index (κ2) is 5.81. The Kier molecular flexibility index (Phi) is 3.63. The Labute approximate surface area is 139 Å². The van der Waals surface area contributed by atoms with Gasteiger partial charge in [0.15, 0.2) is 0 Å². The lowest BCUT2D eigenvalue weighted by Crippen LogP contribution is -2.28. The first kappa shape index (κ1) is 15.0. The summed E-state index contributed by atoms with van der Waals surface area (Å²) in [5, 5.41) is 10.2. The second-order valence-corrected chi connectivity index (χ2v) is 6.45. The molecule has 1 fully saturated rings. The zero-order chi connectivity index (χ0) is 16.7. The maximum absolute atomic E-state index is 12.5. The van der Waals surface area contributed by atoms with Gasteiger partial charge >= 0.3 is 0 Å². The number of carbonyl (C=O) groups is 2. The summed E-state index contributed by atoms with van der Waals surface area (Å²) in [6.07, 6.45) is 5.24. The van der Waals surface area contributed by atoms with Gasteiger partial charge in [-0.2, -0.15) is 5.10 Å². The lowest BCUT2D eigenvalue weighted by atomic mass is 10.1. The number of amides is 2. The number of fused-ring (bicyclic) bond motifs is 1. The monoisotopic (exact) mass is 328 g/mol. The zero-order valence-corrected chi connectivity index (χ0v) is 13.6. The van der Waals surface area contributed by atoms with Crippen LogP contribution in [0.2, 0.25) is 0 Å². The number of nitrogens with one attached hydrogen (secondary N) is 2. The first-order valence-electron chi connectivity index (χ1n) is 8.33. The van der Waals surface area contributed by atoms with E-state index in [4.69, 9.17) is 4.42 Å². The molecule has 1 aliphatic heterocycles. The fourth-order valence-electron chi connectivity index (χ4n) is 3.08. The minimum atomic E-state index is -0.300. The number of rotatable bonds is 4. The Morgan fingerprint density at radius 2 is 2.33 bits per heavy atom. The van der Waals surface area contributed by atoms with E-state index in [1.807, 2.05) is 13.1 Å². The standard InChI is InChI=1S/C17H20N4O3/c1-21-11(7-13(20-21)10-4-5-10)8-19-16(22)12-9-24-14-3-2-6-18-17(23)15(12)14/h7,9-10H,2-6,8H2,1H3,(H,18,23)(H,19,22). The highest BCUT2D eigenvalue weighted by Gasteiger charge is 2.28. The van der Waals surface area contributed by atoms with Crippen molar-refractivity contribution in [2.75, 3.05) is 6.54 Å². The molecule has 2 aliphatic rings. The number of hydrogen-bond donors (Lipinski definition) is 2. The fourth-order valence-corrected chi connectivity index (χ4v) is 3.08. The summed E-state index contributed by atoms with van der Waals surface area (Å²) in [5.74, 6) is 0.630. The lowest BCUT2D eigenvalue weighted by Gasteiger charge is -2.06. The Morgan fingerprint density at radius 1 is 1.50 bits per heavy atom. The Bertz CT molecular complexity index is 801. The van der Waals surface area contributed by atoms with Crippen LogP contribution < -0.4 is 10.6 Å². The molecule has 1 aliphatic carbocycles. The summed E-state index contributed by atoms with van der Waals surface area (Å²) in [4.78, 5) is 24.6. The smallest absolute Gasteiger partial charge is 0.255 e. The van der Waals surface area contributed by atoms with Crippen molar-refractivity contribution >= 4 is 11.8 Å². The van der Waals surface area contributed by atoms with Gasteiger partial charge in [-0.1, -0.05) is 0 Å². The van der Waals surface area contributed by atoms with Gasteiger partial charge in [0.05, 0.1) is 29.1 Å². The van der Waals surface area contributed by atoms with Crippen molar-refractivity contribution in [3.63, 3.8) is 0 Å². The van der Waals surface area contributed by atoms with Crippen molar-refractivity contribution < 1.29 is 14.0 Å². The number of aryl methyl sites for hydroxylation is 2. The Morgan fingerprint density at radius 3 is 3.12 bits per heavy atom. The molecule has 1 saturated carbocycles. The summed E-state index contributed by atoms with van der Waals surface area (Å²) < 4.78 is 7.24. The van der Waals surface area contributed by atoms with Crippen LogP contribution in [0.4, 0.5) is 0 Å². The highest BCUT2D eigenvalue weighted by atomic mass is 16.3. The third-order valence-corrected chi connectivity index (χ3v) is 4.63.